The first-order valence-electron chi connectivity index (χ1n) is 7.79. The average molecular weight is 378 g/mol. The summed E-state index contributed by atoms with van der Waals surface area (Å²) in [6.07, 6.45) is 4.24. The first kappa shape index (κ1) is 17.9. The van der Waals surface area contributed by atoms with Crippen LogP contribution in [0, 0.1) is 0 Å². The summed E-state index contributed by atoms with van der Waals surface area (Å²) in [5.74, 6) is 0.524. The normalized spacial score (nSPS) is 13.6. The van der Waals surface area contributed by atoms with Crippen LogP contribution in [0.2, 0.25) is 5.02 Å². The Hall–Kier alpha value is -2.93. The second-order valence-electron chi connectivity index (χ2n) is 5.48. The molecule has 26 heavy (non-hydrogen) atoms. The molecular weight excluding hydrogens is 362 g/mol. The number of amides is 1. The van der Waals surface area contributed by atoms with Gasteiger partial charge in [0.15, 0.2) is 18.1 Å². The molecule has 0 saturated carbocycles. The van der Waals surface area contributed by atoms with E-state index in [1.54, 1.807) is 31.2 Å². The second kappa shape index (κ2) is 7.97. The van der Waals surface area contributed by atoms with E-state index in [4.69, 9.17) is 30.2 Å². The Morgan fingerprint density at radius 1 is 1.38 bits per heavy atom. The average Bonchev–Trinajstić information content (AvgIpc) is 3.29. The number of carbonyl (C=O) groups is 2. The molecule has 1 amide bonds. The van der Waals surface area contributed by atoms with Crippen LogP contribution < -0.4 is 14.8 Å². The standard InChI is InChI=1S/C18H16ClNO6/c1-11(14-3-2-6-23-14)20-16(21)9-24-17(22)5-4-12-7-13(19)18-15(8-12)25-10-26-18/h2-8,11H,9-10H2,1H3,(H,20,21)/b5-4+/t11-/m0/s1. The van der Waals surface area contributed by atoms with Crippen LogP contribution in [0.4, 0.5) is 0 Å². The minimum Gasteiger partial charge on any atom is -0.467 e. The molecule has 8 heteroatoms. The predicted molar refractivity (Wildman–Crippen MR) is 92.8 cm³/mol. The molecule has 2 aromatic rings. The second-order valence-corrected chi connectivity index (χ2v) is 5.89. The summed E-state index contributed by atoms with van der Waals surface area (Å²) in [6.45, 7) is 1.48. The van der Waals surface area contributed by atoms with Gasteiger partial charge in [-0.25, -0.2) is 4.79 Å². The number of fused-ring (bicyclic) bond motifs is 1. The number of ether oxygens (including phenoxy) is 3. The lowest BCUT2D eigenvalue weighted by Crippen LogP contribution is -2.30. The van der Waals surface area contributed by atoms with Gasteiger partial charge < -0.3 is 23.9 Å². The van der Waals surface area contributed by atoms with E-state index in [1.807, 2.05) is 0 Å². The van der Waals surface area contributed by atoms with Gasteiger partial charge in [0.05, 0.1) is 17.3 Å². The molecule has 1 aromatic heterocycles. The lowest BCUT2D eigenvalue weighted by Gasteiger charge is -2.11. The Labute approximate surface area is 154 Å². The van der Waals surface area contributed by atoms with E-state index in [1.165, 1.54) is 18.4 Å². The monoisotopic (exact) mass is 377 g/mol. The van der Waals surface area contributed by atoms with E-state index in [-0.39, 0.29) is 12.8 Å². The van der Waals surface area contributed by atoms with Crippen molar-refractivity contribution in [3.05, 3.63) is 53.0 Å². The van der Waals surface area contributed by atoms with E-state index in [9.17, 15) is 9.59 Å². The van der Waals surface area contributed by atoms with Crippen LogP contribution >= 0.6 is 11.6 Å². The van der Waals surface area contributed by atoms with Crippen molar-refractivity contribution < 1.29 is 28.2 Å². The van der Waals surface area contributed by atoms with Gasteiger partial charge in [-0.3, -0.25) is 4.79 Å². The third-order valence-corrected chi connectivity index (χ3v) is 3.84. The topological polar surface area (TPSA) is 87.0 Å². The fourth-order valence-electron chi connectivity index (χ4n) is 2.32. The lowest BCUT2D eigenvalue weighted by atomic mass is 10.2. The third kappa shape index (κ3) is 4.37. The van der Waals surface area contributed by atoms with Crippen LogP contribution in [0.1, 0.15) is 24.3 Å². The van der Waals surface area contributed by atoms with Crippen LogP contribution in [0.15, 0.2) is 41.0 Å². The number of halogens is 1. The summed E-state index contributed by atoms with van der Waals surface area (Å²) in [7, 11) is 0. The van der Waals surface area contributed by atoms with E-state index < -0.39 is 18.5 Å². The molecule has 7 nitrogen and oxygen atoms in total. The van der Waals surface area contributed by atoms with E-state index in [2.05, 4.69) is 5.32 Å². The van der Waals surface area contributed by atoms with Crippen LogP contribution in [0.25, 0.3) is 6.08 Å². The lowest BCUT2D eigenvalue weighted by molar-refractivity contribution is -0.144. The van der Waals surface area contributed by atoms with Crippen LogP contribution in [0.5, 0.6) is 11.5 Å². The fourth-order valence-corrected chi connectivity index (χ4v) is 2.60. The third-order valence-electron chi connectivity index (χ3n) is 3.55. The van der Waals surface area contributed by atoms with Crippen LogP contribution in [-0.2, 0) is 14.3 Å². The molecule has 3 rings (SSSR count). The minimum atomic E-state index is -0.653. The maximum absolute atomic E-state index is 11.8. The molecule has 0 unspecified atom stereocenters. The van der Waals surface area contributed by atoms with Crippen molar-refractivity contribution in [2.24, 2.45) is 0 Å². The molecule has 1 aliphatic heterocycles. The Balaban J connectivity index is 1.49. The Kier molecular flexibility index (Phi) is 5.48. The first-order chi connectivity index (χ1) is 12.5. The smallest absolute Gasteiger partial charge is 0.331 e. The van der Waals surface area contributed by atoms with Crippen molar-refractivity contribution in [3.8, 4) is 11.5 Å². The molecule has 1 N–H and O–H groups in total. The molecular formula is C18H16ClNO6. The molecule has 0 spiro atoms. The number of nitrogens with one attached hydrogen (secondary N) is 1. The molecule has 1 aromatic carbocycles. The molecule has 1 aliphatic rings. The van der Waals surface area contributed by atoms with Crippen molar-refractivity contribution in [2.45, 2.75) is 13.0 Å². The van der Waals surface area contributed by atoms with E-state index in [0.29, 0.717) is 27.8 Å². The summed E-state index contributed by atoms with van der Waals surface area (Å²) in [5.41, 5.74) is 0.645. The number of esters is 1. The Morgan fingerprint density at radius 3 is 3.00 bits per heavy atom. The molecule has 0 saturated heterocycles. The van der Waals surface area contributed by atoms with Gasteiger partial charge in [-0.1, -0.05) is 11.6 Å². The zero-order chi connectivity index (χ0) is 18.5. The van der Waals surface area contributed by atoms with Crippen LogP contribution in [-0.4, -0.2) is 25.3 Å². The fraction of sp³-hybridized carbons (Fsp3) is 0.222. The minimum absolute atomic E-state index is 0.107. The maximum Gasteiger partial charge on any atom is 0.331 e. The summed E-state index contributed by atoms with van der Waals surface area (Å²) < 4.78 is 20.6. The highest BCUT2D eigenvalue weighted by atomic mass is 35.5. The summed E-state index contributed by atoms with van der Waals surface area (Å²) >= 11 is 6.07. The first-order valence-corrected chi connectivity index (χ1v) is 8.17. The zero-order valence-electron chi connectivity index (χ0n) is 13.9. The highest BCUT2D eigenvalue weighted by molar-refractivity contribution is 6.32. The predicted octanol–water partition coefficient (Wildman–Crippen LogP) is 3.10. The SMILES string of the molecule is C[C@H](NC(=O)COC(=O)/C=C/c1cc(Cl)c2c(c1)OCO2)c1ccco1. The summed E-state index contributed by atoms with van der Waals surface area (Å²) in [5, 5.41) is 3.05. The van der Waals surface area contributed by atoms with Gasteiger partial charge in [-0.2, -0.15) is 0 Å². The van der Waals surface area contributed by atoms with Crippen molar-refractivity contribution in [3.63, 3.8) is 0 Å². The number of hydrogen-bond acceptors (Lipinski definition) is 6. The number of rotatable bonds is 6. The molecule has 136 valence electrons. The van der Waals surface area contributed by atoms with Gasteiger partial charge in [-0.15, -0.1) is 0 Å². The highest BCUT2D eigenvalue weighted by Gasteiger charge is 2.17. The van der Waals surface area contributed by atoms with Gasteiger partial charge in [-0.05, 0) is 42.8 Å². The Bertz CT molecular complexity index is 830. The summed E-state index contributed by atoms with van der Waals surface area (Å²) in [4.78, 5) is 23.6. The van der Waals surface area contributed by atoms with Gasteiger partial charge in [0.1, 0.15) is 5.76 Å². The molecule has 0 aliphatic carbocycles. The number of furan rings is 1. The van der Waals surface area contributed by atoms with Gasteiger partial charge in [0, 0.05) is 6.08 Å². The molecule has 0 radical (unpaired) electrons. The number of carbonyl (C=O) groups excluding carboxylic acids is 2. The van der Waals surface area contributed by atoms with Gasteiger partial charge in [0.2, 0.25) is 6.79 Å². The van der Waals surface area contributed by atoms with Gasteiger partial charge in [0.25, 0.3) is 5.91 Å². The largest absolute Gasteiger partial charge is 0.467 e. The Morgan fingerprint density at radius 2 is 2.23 bits per heavy atom. The molecule has 2 heterocycles. The highest BCUT2D eigenvalue weighted by Crippen LogP contribution is 2.40. The van der Waals surface area contributed by atoms with Crippen molar-refractivity contribution in [1.82, 2.24) is 5.32 Å². The zero-order valence-corrected chi connectivity index (χ0v) is 14.6. The van der Waals surface area contributed by atoms with Gasteiger partial charge >= 0.3 is 5.97 Å². The maximum atomic E-state index is 11.8. The van der Waals surface area contributed by atoms with Crippen molar-refractivity contribution in [2.75, 3.05) is 13.4 Å². The van der Waals surface area contributed by atoms with E-state index in [0.717, 1.165) is 0 Å². The molecule has 0 bridgehead atoms. The molecule has 0 fully saturated rings. The van der Waals surface area contributed by atoms with Crippen LogP contribution in [0.3, 0.4) is 0 Å². The number of benzene rings is 1. The quantitative estimate of drug-likeness (QED) is 0.615. The number of hydrogen-bond donors (Lipinski definition) is 1. The van der Waals surface area contributed by atoms with Crippen molar-refractivity contribution in [1.29, 1.82) is 0 Å². The van der Waals surface area contributed by atoms with E-state index >= 15 is 0 Å². The van der Waals surface area contributed by atoms with Crippen molar-refractivity contribution >= 4 is 29.6 Å². The summed E-state index contributed by atoms with van der Waals surface area (Å²) in [6, 6.07) is 6.48. The molecule has 1 atom stereocenters.